The maximum absolute atomic E-state index is 5.92. The van der Waals surface area contributed by atoms with Crippen molar-refractivity contribution in [2.24, 2.45) is 10.9 Å². The number of ether oxygens (including phenoxy) is 1. The van der Waals surface area contributed by atoms with Crippen LogP contribution < -0.4 is 15.4 Å². The van der Waals surface area contributed by atoms with E-state index >= 15 is 0 Å². The number of para-hydroxylation sites is 1. The van der Waals surface area contributed by atoms with E-state index in [9.17, 15) is 0 Å². The lowest BCUT2D eigenvalue weighted by atomic mass is 10.2. The smallest absolute Gasteiger partial charge is 0.191 e. The molecule has 20 heavy (non-hydrogen) atoms. The van der Waals surface area contributed by atoms with Gasteiger partial charge in [-0.3, -0.25) is 4.99 Å². The number of hydrogen-bond donors (Lipinski definition) is 2. The SMILES string of the molecule is CN=C(NCC(C)C)NCC(C)Oc1ccccc1C. The second kappa shape index (κ2) is 8.46. The van der Waals surface area contributed by atoms with Crippen molar-refractivity contribution in [1.29, 1.82) is 0 Å². The summed E-state index contributed by atoms with van der Waals surface area (Å²) in [6, 6.07) is 8.06. The molecule has 0 aliphatic heterocycles. The lowest BCUT2D eigenvalue weighted by Gasteiger charge is -2.19. The third kappa shape index (κ3) is 5.95. The average molecular weight is 277 g/mol. The van der Waals surface area contributed by atoms with Crippen molar-refractivity contribution in [3.63, 3.8) is 0 Å². The Bertz CT molecular complexity index is 429. The Kier molecular flexibility index (Phi) is 6.91. The molecule has 0 saturated heterocycles. The van der Waals surface area contributed by atoms with Gasteiger partial charge in [-0.15, -0.1) is 0 Å². The van der Waals surface area contributed by atoms with Crippen molar-refractivity contribution in [3.8, 4) is 5.75 Å². The third-order valence-electron chi connectivity index (χ3n) is 2.88. The van der Waals surface area contributed by atoms with Gasteiger partial charge in [0.25, 0.3) is 0 Å². The standard InChI is InChI=1S/C16H27N3O/c1-12(2)10-18-16(17-5)19-11-14(4)20-15-9-7-6-8-13(15)3/h6-9,12,14H,10-11H2,1-5H3,(H2,17,18,19). The normalized spacial score (nSPS) is 13.2. The molecule has 0 radical (unpaired) electrons. The molecule has 1 unspecified atom stereocenters. The minimum atomic E-state index is 0.0775. The van der Waals surface area contributed by atoms with E-state index < -0.39 is 0 Å². The number of aliphatic imine (C=N–C) groups is 1. The van der Waals surface area contributed by atoms with E-state index in [0.29, 0.717) is 12.5 Å². The third-order valence-corrected chi connectivity index (χ3v) is 2.88. The summed E-state index contributed by atoms with van der Waals surface area (Å²) < 4.78 is 5.92. The summed E-state index contributed by atoms with van der Waals surface area (Å²) in [5, 5.41) is 6.56. The van der Waals surface area contributed by atoms with Crippen LogP contribution in [0.2, 0.25) is 0 Å². The van der Waals surface area contributed by atoms with Crippen LogP contribution in [0.25, 0.3) is 0 Å². The molecule has 0 aliphatic rings. The van der Waals surface area contributed by atoms with Crippen LogP contribution in [0.3, 0.4) is 0 Å². The summed E-state index contributed by atoms with van der Waals surface area (Å²) in [6.07, 6.45) is 0.0775. The molecule has 0 aromatic heterocycles. The summed E-state index contributed by atoms with van der Waals surface area (Å²) in [7, 11) is 1.78. The van der Waals surface area contributed by atoms with E-state index in [1.54, 1.807) is 7.05 Å². The predicted octanol–water partition coefficient (Wildman–Crippen LogP) is 2.58. The van der Waals surface area contributed by atoms with E-state index in [4.69, 9.17) is 4.74 Å². The van der Waals surface area contributed by atoms with Crippen LogP contribution in [0, 0.1) is 12.8 Å². The molecule has 0 saturated carbocycles. The number of aryl methyl sites for hydroxylation is 1. The van der Waals surface area contributed by atoms with E-state index in [2.05, 4.69) is 49.4 Å². The Morgan fingerprint density at radius 1 is 1.15 bits per heavy atom. The van der Waals surface area contributed by atoms with Gasteiger partial charge in [-0.1, -0.05) is 32.0 Å². The molecular formula is C16H27N3O. The first-order chi connectivity index (χ1) is 9.52. The Labute approximate surface area is 122 Å². The molecule has 1 aromatic rings. The Morgan fingerprint density at radius 2 is 1.80 bits per heavy atom. The fourth-order valence-electron chi connectivity index (χ4n) is 1.71. The molecule has 0 amide bonds. The topological polar surface area (TPSA) is 45.7 Å². The first-order valence-corrected chi connectivity index (χ1v) is 7.19. The fourth-order valence-corrected chi connectivity index (χ4v) is 1.71. The second-order valence-corrected chi connectivity index (χ2v) is 5.42. The van der Waals surface area contributed by atoms with Gasteiger partial charge in [0.05, 0.1) is 6.54 Å². The number of nitrogens with one attached hydrogen (secondary N) is 2. The van der Waals surface area contributed by atoms with Gasteiger partial charge in [-0.25, -0.2) is 0 Å². The summed E-state index contributed by atoms with van der Waals surface area (Å²) >= 11 is 0. The van der Waals surface area contributed by atoms with Crippen LogP contribution in [0.15, 0.2) is 29.3 Å². The lowest BCUT2D eigenvalue weighted by Crippen LogP contribution is -2.42. The summed E-state index contributed by atoms with van der Waals surface area (Å²) in [5.74, 6) is 2.35. The predicted molar refractivity (Wildman–Crippen MR) is 85.5 cm³/mol. The zero-order chi connectivity index (χ0) is 15.0. The minimum absolute atomic E-state index is 0.0775. The van der Waals surface area contributed by atoms with Crippen LogP contribution in [-0.2, 0) is 0 Å². The van der Waals surface area contributed by atoms with Crippen molar-refractivity contribution in [2.45, 2.75) is 33.8 Å². The Balaban J connectivity index is 2.39. The van der Waals surface area contributed by atoms with Gasteiger partial charge in [-0.05, 0) is 31.4 Å². The van der Waals surface area contributed by atoms with Crippen molar-refractivity contribution < 1.29 is 4.74 Å². The molecule has 0 bridgehead atoms. The van der Waals surface area contributed by atoms with Crippen LogP contribution in [0.1, 0.15) is 26.3 Å². The molecule has 0 fully saturated rings. The maximum atomic E-state index is 5.92. The van der Waals surface area contributed by atoms with Crippen LogP contribution in [0.4, 0.5) is 0 Å². The summed E-state index contributed by atoms with van der Waals surface area (Å²) in [4.78, 5) is 4.20. The van der Waals surface area contributed by atoms with Gasteiger partial charge < -0.3 is 15.4 Å². The highest BCUT2D eigenvalue weighted by Gasteiger charge is 2.07. The van der Waals surface area contributed by atoms with E-state index in [1.165, 1.54) is 0 Å². The van der Waals surface area contributed by atoms with Crippen molar-refractivity contribution >= 4 is 5.96 Å². The van der Waals surface area contributed by atoms with E-state index in [-0.39, 0.29) is 6.10 Å². The van der Waals surface area contributed by atoms with Crippen LogP contribution in [0.5, 0.6) is 5.75 Å². The Morgan fingerprint density at radius 3 is 2.40 bits per heavy atom. The molecule has 4 heteroatoms. The molecule has 0 heterocycles. The minimum Gasteiger partial charge on any atom is -0.489 e. The monoisotopic (exact) mass is 277 g/mol. The number of benzene rings is 1. The van der Waals surface area contributed by atoms with Crippen molar-refractivity contribution in [2.75, 3.05) is 20.1 Å². The molecule has 2 N–H and O–H groups in total. The quantitative estimate of drug-likeness (QED) is 0.620. The lowest BCUT2D eigenvalue weighted by molar-refractivity contribution is 0.222. The van der Waals surface area contributed by atoms with E-state index in [0.717, 1.165) is 23.8 Å². The van der Waals surface area contributed by atoms with Crippen LogP contribution >= 0.6 is 0 Å². The van der Waals surface area contributed by atoms with E-state index in [1.807, 2.05) is 18.2 Å². The molecule has 1 aromatic carbocycles. The Hall–Kier alpha value is -1.71. The summed E-state index contributed by atoms with van der Waals surface area (Å²) in [6.45, 7) is 10.1. The van der Waals surface area contributed by atoms with Gasteiger partial charge >= 0.3 is 0 Å². The fraction of sp³-hybridized carbons (Fsp3) is 0.562. The van der Waals surface area contributed by atoms with Gasteiger partial charge in [0.2, 0.25) is 0 Å². The van der Waals surface area contributed by atoms with Gasteiger partial charge in [-0.2, -0.15) is 0 Å². The highest BCUT2D eigenvalue weighted by Crippen LogP contribution is 2.17. The molecular weight excluding hydrogens is 250 g/mol. The molecule has 0 aliphatic carbocycles. The first kappa shape index (κ1) is 16.3. The zero-order valence-electron chi connectivity index (χ0n) is 13.2. The number of nitrogens with zero attached hydrogens (tertiary/aromatic N) is 1. The molecule has 4 nitrogen and oxygen atoms in total. The zero-order valence-corrected chi connectivity index (χ0v) is 13.2. The van der Waals surface area contributed by atoms with Crippen LogP contribution in [-0.4, -0.2) is 32.2 Å². The highest BCUT2D eigenvalue weighted by molar-refractivity contribution is 5.79. The number of rotatable bonds is 6. The van der Waals surface area contributed by atoms with Gasteiger partial charge in [0, 0.05) is 13.6 Å². The first-order valence-electron chi connectivity index (χ1n) is 7.19. The summed E-state index contributed by atoms with van der Waals surface area (Å²) in [5.41, 5.74) is 1.15. The number of hydrogen-bond acceptors (Lipinski definition) is 2. The van der Waals surface area contributed by atoms with Crippen molar-refractivity contribution in [1.82, 2.24) is 10.6 Å². The largest absolute Gasteiger partial charge is 0.489 e. The van der Waals surface area contributed by atoms with Gasteiger partial charge in [0.15, 0.2) is 5.96 Å². The molecule has 0 spiro atoms. The molecule has 1 atom stereocenters. The highest BCUT2D eigenvalue weighted by atomic mass is 16.5. The molecule has 1 rings (SSSR count). The number of guanidine groups is 1. The maximum Gasteiger partial charge on any atom is 0.191 e. The van der Waals surface area contributed by atoms with Crippen molar-refractivity contribution in [3.05, 3.63) is 29.8 Å². The van der Waals surface area contributed by atoms with Gasteiger partial charge in [0.1, 0.15) is 11.9 Å². The average Bonchev–Trinajstić information content (AvgIpc) is 2.41. The second-order valence-electron chi connectivity index (χ2n) is 5.42. The molecule has 112 valence electrons.